The van der Waals surface area contributed by atoms with Crippen LogP contribution in [0.25, 0.3) is 12.2 Å². The number of nitrogens with two attached hydrogens (primary N) is 2. The molecule has 0 saturated heterocycles. The average Bonchev–Trinajstić information content (AvgIpc) is 3.28. The fourth-order valence-corrected chi connectivity index (χ4v) is 2.85. The van der Waals surface area contributed by atoms with Crippen LogP contribution < -0.4 is 16.3 Å². The summed E-state index contributed by atoms with van der Waals surface area (Å²) in [5, 5.41) is 1.43. The molecule has 0 fully saturated rings. The molecule has 3 rings (SSSR count). The van der Waals surface area contributed by atoms with Gasteiger partial charge in [0.1, 0.15) is 30.1 Å². The first-order valence-corrected chi connectivity index (χ1v) is 10.4. The Morgan fingerprint density at radius 1 is 1.06 bits per heavy atom. The van der Waals surface area contributed by atoms with Gasteiger partial charge in [0.15, 0.2) is 0 Å². The highest BCUT2D eigenvalue weighted by Gasteiger charge is 2.30. The molecule has 2 aromatic carbocycles. The summed E-state index contributed by atoms with van der Waals surface area (Å²) in [6.07, 6.45) is 2.31. The number of rotatable bonds is 11. The maximum Gasteiger partial charge on any atom is 0.416 e. The van der Waals surface area contributed by atoms with Crippen molar-refractivity contribution < 1.29 is 31.5 Å². The first-order chi connectivity index (χ1) is 16.7. The highest BCUT2D eigenvalue weighted by Crippen LogP contribution is 2.30. The monoisotopic (exact) mass is 492 g/mol. The van der Waals surface area contributed by atoms with Gasteiger partial charge in [0, 0.05) is 24.0 Å². The molecule has 0 atom stereocenters. The van der Waals surface area contributed by atoms with Crippen molar-refractivity contribution in [2.45, 2.75) is 19.4 Å². The zero-order valence-electron chi connectivity index (χ0n) is 18.5. The number of halogens is 4. The van der Waals surface area contributed by atoms with E-state index < -0.39 is 17.6 Å². The topological polar surface area (TPSA) is 99.8 Å². The quantitative estimate of drug-likeness (QED) is 0.173. The molecule has 0 aliphatic heterocycles. The fraction of sp³-hybridized carbons (Fsp3) is 0.208. The molecule has 0 saturated carbocycles. The average molecular weight is 492 g/mol. The number of alkyl halides is 3. The van der Waals surface area contributed by atoms with Crippen molar-refractivity contribution in [2.24, 2.45) is 11.6 Å². The van der Waals surface area contributed by atoms with E-state index in [0.29, 0.717) is 37.3 Å². The Labute approximate surface area is 199 Å². The lowest BCUT2D eigenvalue weighted by Crippen LogP contribution is -2.29. The third-order valence-corrected chi connectivity index (χ3v) is 4.65. The third-order valence-electron chi connectivity index (χ3n) is 4.65. The maximum absolute atomic E-state index is 13.9. The van der Waals surface area contributed by atoms with Crippen molar-refractivity contribution in [1.82, 2.24) is 9.99 Å². The van der Waals surface area contributed by atoms with E-state index in [1.165, 1.54) is 29.6 Å². The first kappa shape index (κ1) is 25.8. The number of ether oxygens (including phenoxy) is 2. The Hall–Kier alpha value is -3.83. The summed E-state index contributed by atoms with van der Waals surface area (Å²) in [7, 11) is 0. The molecule has 4 N–H and O–H groups in total. The molecule has 0 spiro atoms. The molecule has 11 heteroatoms. The van der Waals surface area contributed by atoms with E-state index in [0.717, 1.165) is 17.7 Å². The Bertz CT molecular complexity index is 1140. The summed E-state index contributed by atoms with van der Waals surface area (Å²) in [5.74, 6) is 5.42. The van der Waals surface area contributed by atoms with Gasteiger partial charge >= 0.3 is 6.18 Å². The van der Waals surface area contributed by atoms with Crippen LogP contribution in [0.2, 0.25) is 0 Å². The van der Waals surface area contributed by atoms with E-state index in [-0.39, 0.29) is 18.1 Å². The van der Waals surface area contributed by atoms with Gasteiger partial charge in [0.05, 0.1) is 25.3 Å². The van der Waals surface area contributed by atoms with Gasteiger partial charge in [-0.1, -0.05) is 18.2 Å². The second-order valence-electron chi connectivity index (χ2n) is 7.31. The summed E-state index contributed by atoms with van der Waals surface area (Å²) >= 11 is 0. The number of hydrogen-bond acceptors (Lipinski definition) is 7. The van der Waals surface area contributed by atoms with E-state index in [2.05, 4.69) is 4.98 Å². The van der Waals surface area contributed by atoms with Gasteiger partial charge < -0.3 is 24.6 Å². The van der Waals surface area contributed by atoms with Gasteiger partial charge in [-0.3, -0.25) is 0 Å². The van der Waals surface area contributed by atoms with Crippen molar-refractivity contribution in [3.63, 3.8) is 0 Å². The number of hydrogen-bond donors (Lipinski definition) is 2. The highest BCUT2D eigenvalue weighted by molar-refractivity contribution is 5.66. The van der Waals surface area contributed by atoms with Crippen LogP contribution in [0, 0.1) is 5.82 Å². The van der Waals surface area contributed by atoms with Crippen molar-refractivity contribution in [3.8, 4) is 5.75 Å². The largest absolute Gasteiger partial charge is 0.487 e. The molecule has 1 aromatic heterocycles. The molecular weight excluding hydrogens is 468 g/mol. The van der Waals surface area contributed by atoms with Crippen LogP contribution >= 0.6 is 0 Å². The Balaban J connectivity index is 1.46. The minimum atomic E-state index is -4.61. The van der Waals surface area contributed by atoms with Crippen LogP contribution in [0.5, 0.6) is 5.75 Å². The summed E-state index contributed by atoms with van der Waals surface area (Å²) in [6, 6.07) is 9.61. The van der Waals surface area contributed by atoms with Gasteiger partial charge in [0.25, 0.3) is 0 Å². The van der Waals surface area contributed by atoms with Crippen molar-refractivity contribution in [3.05, 3.63) is 95.2 Å². The maximum atomic E-state index is 13.9. The lowest BCUT2D eigenvalue weighted by molar-refractivity contribution is -0.137. The van der Waals surface area contributed by atoms with Gasteiger partial charge in [-0.2, -0.15) is 13.2 Å². The van der Waals surface area contributed by atoms with Gasteiger partial charge in [0.2, 0.25) is 5.89 Å². The van der Waals surface area contributed by atoms with Crippen LogP contribution in [0.1, 0.15) is 28.3 Å². The molecular formula is C24H24F4N4O3. The molecule has 0 radical (unpaired) electrons. The van der Waals surface area contributed by atoms with E-state index in [1.54, 1.807) is 18.3 Å². The molecule has 0 unspecified atom stereocenters. The smallest absolute Gasteiger partial charge is 0.416 e. The summed E-state index contributed by atoms with van der Waals surface area (Å²) in [6.45, 7) is 1.48. The predicted octanol–water partition coefficient (Wildman–Crippen LogP) is 4.70. The lowest BCUT2D eigenvalue weighted by Gasteiger charge is -2.13. The lowest BCUT2D eigenvalue weighted by atomic mass is 10.1. The number of benzene rings is 2. The molecule has 35 heavy (non-hydrogen) atoms. The second-order valence-corrected chi connectivity index (χ2v) is 7.31. The Morgan fingerprint density at radius 2 is 1.83 bits per heavy atom. The zero-order valence-corrected chi connectivity index (χ0v) is 18.5. The minimum Gasteiger partial charge on any atom is -0.487 e. The summed E-state index contributed by atoms with van der Waals surface area (Å²) < 4.78 is 68.4. The van der Waals surface area contributed by atoms with Crippen LogP contribution in [0.15, 0.2) is 65.5 Å². The van der Waals surface area contributed by atoms with E-state index in [9.17, 15) is 17.6 Å². The number of oxazole rings is 1. The molecule has 1 heterocycles. The molecule has 186 valence electrons. The predicted molar refractivity (Wildman–Crippen MR) is 121 cm³/mol. The minimum absolute atomic E-state index is 0.0224. The van der Waals surface area contributed by atoms with Crippen LogP contribution in [-0.4, -0.2) is 23.1 Å². The van der Waals surface area contributed by atoms with E-state index in [4.69, 9.17) is 25.5 Å². The second kappa shape index (κ2) is 12.0. The van der Waals surface area contributed by atoms with Crippen LogP contribution in [0.3, 0.4) is 0 Å². The number of aromatic nitrogens is 1. The van der Waals surface area contributed by atoms with E-state index >= 15 is 0 Å². The number of hydrazine groups is 1. The van der Waals surface area contributed by atoms with Gasteiger partial charge in [-0.25, -0.2) is 15.2 Å². The Morgan fingerprint density at radius 3 is 2.51 bits per heavy atom. The Kier molecular flexibility index (Phi) is 8.87. The summed E-state index contributed by atoms with van der Waals surface area (Å²) in [5.41, 5.74) is 5.62. The molecule has 3 aromatic rings. The third kappa shape index (κ3) is 8.16. The van der Waals surface area contributed by atoms with E-state index in [1.807, 2.05) is 12.1 Å². The molecule has 0 bridgehead atoms. The van der Waals surface area contributed by atoms with Crippen molar-refractivity contribution in [1.29, 1.82) is 0 Å². The zero-order chi connectivity index (χ0) is 25.3. The van der Waals surface area contributed by atoms with Crippen molar-refractivity contribution >= 4 is 12.2 Å². The molecule has 0 aliphatic rings. The van der Waals surface area contributed by atoms with Crippen LogP contribution in [-0.2, 0) is 24.1 Å². The summed E-state index contributed by atoms with van der Waals surface area (Å²) in [4.78, 5) is 4.19. The normalized spacial score (nSPS) is 12.0. The van der Waals surface area contributed by atoms with Crippen LogP contribution in [0.4, 0.5) is 17.6 Å². The van der Waals surface area contributed by atoms with Crippen molar-refractivity contribution in [2.75, 3.05) is 13.2 Å². The standard InChI is InChI=1S/C24H24F4N4O3/c25-22-13-19(24(26,27)28)5-3-18(22)4-8-23-31-20(16-35-23)15-34-21-6-1-17(2-7-21)14-33-12-11-32(30)10-9-29/h1-10,13,16H,11-12,14-15,29-30H2/b8-4+,10-9-. The fourth-order valence-electron chi connectivity index (χ4n) is 2.85. The van der Waals surface area contributed by atoms with Gasteiger partial charge in [-0.05, 0) is 35.9 Å². The number of nitrogens with zero attached hydrogens (tertiary/aromatic N) is 2. The first-order valence-electron chi connectivity index (χ1n) is 10.4. The molecule has 0 amide bonds. The highest BCUT2D eigenvalue weighted by atomic mass is 19.4. The molecule has 7 nitrogen and oxygen atoms in total. The SMILES string of the molecule is N/C=C\N(N)CCOCc1ccc(OCc2coc(/C=C/c3ccc(C(F)(F)F)cc3F)n2)cc1. The van der Waals surface area contributed by atoms with Gasteiger partial charge in [-0.15, -0.1) is 0 Å². The molecule has 0 aliphatic carbocycles.